The number of carbonyl (C=O) groups is 1. The topological polar surface area (TPSA) is 99.1 Å². The largest absolute Gasteiger partial charge is 0.324 e. The van der Waals surface area contributed by atoms with Gasteiger partial charge in [0.15, 0.2) is 0 Å². The lowest BCUT2D eigenvalue weighted by Crippen LogP contribution is -2.33. The molecular weight excluding hydrogens is 338 g/mol. The van der Waals surface area contributed by atoms with Crippen LogP contribution in [0.15, 0.2) is 41.3 Å². The number of benzene rings is 2. The first-order chi connectivity index (χ1) is 11.7. The zero-order chi connectivity index (χ0) is 18.6. The highest BCUT2D eigenvalue weighted by atomic mass is 32.2. The molecule has 2 N–H and O–H groups in total. The van der Waals surface area contributed by atoms with E-state index in [-0.39, 0.29) is 10.5 Å². The number of carbonyl (C=O) groups excluding carboxylic acids is 1. The highest BCUT2D eigenvalue weighted by Gasteiger charge is 2.16. The molecule has 0 aliphatic rings. The van der Waals surface area contributed by atoms with E-state index in [1.165, 1.54) is 24.3 Å². The molecule has 0 aliphatic carbocycles. The van der Waals surface area contributed by atoms with E-state index in [0.29, 0.717) is 5.69 Å². The van der Waals surface area contributed by atoms with E-state index in [1.807, 2.05) is 39.0 Å². The van der Waals surface area contributed by atoms with E-state index in [1.54, 1.807) is 0 Å². The predicted octanol–water partition coefficient (Wildman–Crippen LogP) is 2.40. The summed E-state index contributed by atoms with van der Waals surface area (Å²) in [4.78, 5) is 12.1. The van der Waals surface area contributed by atoms with Gasteiger partial charge in [-0.3, -0.25) is 4.79 Å². The molecule has 2 aromatic carbocycles. The molecule has 6 nitrogen and oxygen atoms in total. The van der Waals surface area contributed by atoms with Gasteiger partial charge in [-0.25, -0.2) is 13.1 Å². The van der Waals surface area contributed by atoms with Gasteiger partial charge >= 0.3 is 0 Å². The third-order valence-electron chi connectivity index (χ3n) is 3.64. The molecule has 130 valence electrons. The smallest absolute Gasteiger partial charge is 0.241 e. The summed E-state index contributed by atoms with van der Waals surface area (Å²) in [5, 5.41) is 11.6. The fourth-order valence-corrected chi connectivity index (χ4v) is 3.57. The van der Waals surface area contributed by atoms with E-state index in [9.17, 15) is 13.2 Å². The van der Waals surface area contributed by atoms with Crippen molar-refractivity contribution >= 4 is 21.6 Å². The van der Waals surface area contributed by atoms with Gasteiger partial charge < -0.3 is 5.32 Å². The van der Waals surface area contributed by atoms with Gasteiger partial charge in [0.2, 0.25) is 15.9 Å². The van der Waals surface area contributed by atoms with Crippen LogP contribution in [-0.2, 0) is 14.8 Å². The molecule has 0 bridgehead atoms. The van der Waals surface area contributed by atoms with Crippen LogP contribution in [0.5, 0.6) is 0 Å². The first-order valence-electron chi connectivity index (χ1n) is 7.60. The zero-order valence-electron chi connectivity index (χ0n) is 14.3. The van der Waals surface area contributed by atoms with E-state index >= 15 is 0 Å². The maximum atomic E-state index is 12.2. The monoisotopic (exact) mass is 357 g/mol. The van der Waals surface area contributed by atoms with Crippen LogP contribution < -0.4 is 10.0 Å². The van der Waals surface area contributed by atoms with E-state index in [4.69, 9.17) is 5.26 Å². The molecular formula is C18H19N3O3S. The SMILES string of the molecule is Cc1cc(C)c(NC(=O)CNS(=O)(=O)c2cccc(C#N)c2)c(C)c1. The Morgan fingerprint density at radius 3 is 2.36 bits per heavy atom. The number of amides is 1. The highest BCUT2D eigenvalue weighted by molar-refractivity contribution is 7.89. The molecule has 0 fully saturated rings. The Morgan fingerprint density at radius 1 is 1.12 bits per heavy atom. The summed E-state index contributed by atoms with van der Waals surface area (Å²) >= 11 is 0. The maximum Gasteiger partial charge on any atom is 0.241 e. The summed E-state index contributed by atoms with van der Waals surface area (Å²) in [5.41, 5.74) is 3.83. The number of aryl methyl sites for hydroxylation is 3. The number of hydrogen-bond donors (Lipinski definition) is 2. The first-order valence-corrected chi connectivity index (χ1v) is 9.09. The molecule has 25 heavy (non-hydrogen) atoms. The van der Waals surface area contributed by atoms with Crippen molar-refractivity contribution in [2.45, 2.75) is 25.7 Å². The van der Waals surface area contributed by atoms with Gasteiger partial charge in [-0.15, -0.1) is 0 Å². The molecule has 0 saturated heterocycles. The second kappa shape index (κ2) is 7.47. The number of hydrogen-bond acceptors (Lipinski definition) is 4. The minimum absolute atomic E-state index is 0.0537. The van der Waals surface area contributed by atoms with Crippen LogP contribution in [0.1, 0.15) is 22.3 Å². The highest BCUT2D eigenvalue weighted by Crippen LogP contribution is 2.21. The molecule has 1 amide bonds. The van der Waals surface area contributed by atoms with E-state index in [0.717, 1.165) is 16.7 Å². The van der Waals surface area contributed by atoms with Crippen molar-refractivity contribution in [3.63, 3.8) is 0 Å². The average Bonchev–Trinajstić information content (AvgIpc) is 2.56. The predicted molar refractivity (Wildman–Crippen MR) is 95.6 cm³/mol. The Kier molecular flexibility index (Phi) is 5.57. The Morgan fingerprint density at radius 2 is 1.76 bits per heavy atom. The van der Waals surface area contributed by atoms with Crippen molar-refractivity contribution in [3.05, 3.63) is 58.7 Å². The molecule has 0 aliphatic heterocycles. The fourth-order valence-electron chi connectivity index (χ4n) is 2.54. The van der Waals surface area contributed by atoms with Gasteiger partial charge in [-0.1, -0.05) is 23.8 Å². The number of sulfonamides is 1. The summed E-state index contributed by atoms with van der Waals surface area (Å²) in [7, 11) is -3.87. The summed E-state index contributed by atoms with van der Waals surface area (Å²) in [6, 6.07) is 11.4. The molecule has 7 heteroatoms. The van der Waals surface area contributed by atoms with Crippen molar-refractivity contribution in [2.24, 2.45) is 0 Å². The minimum Gasteiger partial charge on any atom is -0.324 e. The summed E-state index contributed by atoms with van der Waals surface area (Å²) in [5.74, 6) is -0.463. The van der Waals surface area contributed by atoms with Crippen LogP contribution in [0, 0.1) is 32.1 Å². The van der Waals surface area contributed by atoms with Crippen LogP contribution in [0.25, 0.3) is 0 Å². The van der Waals surface area contributed by atoms with Gasteiger partial charge in [0.05, 0.1) is 23.1 Å². The van der Waals surface area contributed by atoms with Crippen LogP contribution in [0.2, 0.25) is 0 Å². The molecule has 2 rings (SSSR count). The van der Waals surface area contributed by atoms with Gasteiger partial charge in [-0.05, 0) is 50.1 Å². The van der Waals surface area contributed by atoms with Gasteiger partial charge in [0.25, 0.3) is 0 Å². The van der Waals surface area contributed by atoms with E-state index < -0.39 is 22.5 Å². The van der Waals surface area contributed by atoms with Crippen molar-refractivity contribution < 1.29 is 13.2 Å². The molecule has 0 heterocycles. The van der Waals surface area contributed by atoms with Crippen LogP contribution in [0.4, 0.5) is 5.69 Å². The number of nitrogens with one attached hydrogen (secondary N) is 2. The lowest BCUT2D eigenvalue weighted by molar-refractivity contribution is -0.115. The van der Waals surface area contributed by atoms with Crippen molar-refractivity contribution in [2.75, 3.05) is 11.9 Å². The molecule has 0 radical (unpaired) electrons. The Balaban J connectivity index is 2.08. The van der Waals surface area contributed by atoms with E-state index in [2.05, 4.69) is 10.0 Å². The number of nitriles is 1. The Hall–Kier alpha value is -2.69. The Bertz CT molecular complexity index is 937. The van der Waals surface area contributed by atoms with Crippen LogP contribution in [-0.4, -0.2) is 20.9 Å². The molecule has 0 unspecified atom stereocenters. The number of nitrogens with zero attached hydrogens (tertiary/aromatic N) is 1. The number of anilines is 1. The summed E-state index contributed by atoms with van der Waals surface area (Å²) in [6.45, 7) is 5.33. The first kappa shape index (κ1) is 18.6. The van der Waals surface area contributed by atoms with Crippen molar-refractivity contribution in [1.29, 1.82) is 5.26 Å². The average molecular weight is 357 g/mol. The molecule has 0 aromatic heterocycles. The van der Waals surface area contributed by atoms with Crippen LogP contribution in [0.3, 0.4) is 0 Å². The number of rotatable bonds is 5. The summed E-state index contributed by atoms with van der Waals surface area (Å²) in [6.07, 6.45) is 0. The van der Waals surface area contributed by atoms with Crippen LogP contribution >= 0.6 is 0 Å². The van der Waals surface area contributed by atoms with Gasteiger partial charge in [0, 0.05) is 5.69 Å². The lowest BCUT2D eigenvalue weighted by Gasteiger charge is -2.13. The zero-order valence-corrected chi connectivity index (χ0v) is 15.1. The molecule has 2 aromatic rings. The second-order valence-electron chi connectivity index (χ2n) is 5.79. The quantitative estimate of drug-likeness (QED) is 0.858. The van der Waals surface area contributed by atoms with Gasteiger partial charge in [-0.2, -0.15) is 5.26 Å². The lowest BCUT2D eigenvalue weighted by atomic mass is 10.1. The fraction of sp³-hybridized carbons (Fsp3) is 0.222. The normalized spacial score (nSPS) is 11.0. The molecule has 0 spiro atoms. The standard InChI is InChI=1S/C18H19N3O3S/c1-12-7-13(2)18(14(3)8-12)21-17(22)11-20-25(23,24)16-6-4-5-15(9-16)10-19/h4-9,20H,11H2,1-3H3,(H,21,22). The Labute approximate surface area is 147 Å². The maximum absolute atomic E-state index is 12.2. The third-order valence-corrected chi connectivity index (χ3v) is 5.04. The van der Waals surface area contributed by atoms with Gasteiger partial charge in [0.1, 0.15) is 0 Å². The minimum atomic E-state index is -3.87. The summed E-state index contributed by atoms with van der Waals surface area (Å²) < 4.78 is 26.7. The molecule has 0 atom stereocenters. The second-order valence-corrected chi connectivity index (χ2v) is 7.55. The van der Waals surface area contributed by atoms with Crippen molar-refractivity contribution in [3.8, 4) is 6.07 Å². The van der Waals surface area contributed by atoms with Crippen molar-refractivity contribution in [1.82, 2.24) is 4.72 Å². The third kappa shape index (κ3) is 4.66. The molecule has 0 saturated carbocycles.